The SMILES string of the molecule is CNC(=O)CN(C)C(=O)CN(C)C(=O)CN(C)C(=O)CN(C)C(=O)CN(C)C=O. The molecule has 0 aliphatic carbocycles. The largest absolute Gasteiger partial charge is 0.358 e. The van der Waals surface area contributed by atoms with E-state index >= 15 is 0 Å². The van der Waals surface area contributed by atoms with E-state index in [0.29, 0.717) is 6.41 Å². The second-order valence-electron chi connectivity index (χ2n) is 6.69. The summed E-state index contributed by atoms with van der Waals surface area (Å²) in [5.74, 6) is -2.13. The number of carbonyl (C=O) groups excluding carboxylic acids is 6. The molecule has 0 spiro atoms. The van der Waals surface area contributed by atoms with Crippen molar-refractivity contribution in [2.24, 2.45) is 0 Å². The summed E-state index contributed by atoms with van der Waals surface area (Å²) in [4.78, 5) is 76.1. The third-order valence-electron chi connectivity index (χ3n) is 4.04. The fourth-order valence-corrected chi connectivity index (χ4v) is 1.99. The van der Waals surface area contributed by atoms with Gasteiger partial charge >= 0.3 is 0 Å². The van der Waals surface area contributed by atoms with Gasteiger partial charge in [0.15, 0.2) is 0 Å². The summed E-state index contributed by atoms with van der Waals surface area (Å²) in [5, 5.41) is 2.40. The zero-order valence-electron chi connectivity index (χ0n) is 17.8. The molecule has 29 heavy (non-hydrogen) atoms. The van der Waals surface area contributed by atoms with Gasteiger partial charge in [-0.2, -0.15) is 0 Å². The molecule has 0 atom stereocenters. The molecule has 164 valence electrons. The fraction of sp³-hybridized carbons (Fsp3) is 0.647. The van der Waals surface area contributed by atoms with Crippen molar-refractivity contribution in [1.82, 2.24) is 29.8 Å². The highest BCUT2D eigenvalue weighted by molar-refractivity contribution is 5.91. The fourth-order valence-electron chi connectivity index (χ4n) is 1.99. The molecule has 12 heteroatoms. The number of hydrogen-bond acceptors (Lipinski definition) is 6. The molecule has 0 fully saturated rings. The maximum Gasteiger partial charge on any atom is 0.242 e. The lowest BCUT2D eigenvalue weighted by Gasteiger charge is -2.25. The van der Waals surface area contributed by atoms with E-state index in [1.807, 2.05) is 0 Å². The Balaban J connectivity index is 4.57. The van der Waals surface area contributed by atoms with E-state index in [0.717, 1.165) is 19.6 Å². The molecule has 0 aliphatic rings. The third-order valence-corrected chi connectivity index (χ3v) is 4.04. The zero-order chi connectivity index (χ0) is 22.7. The molecule has 0 aromatic heterocycles. The van der Waals surface area contributed by atoms with E-state index in [1.165, 1.54) is 47.2 Å². The molecule has 0 aromatic carbocycles. The monoisotopic (exact) mass is 414 g/mol. The summed E-state index contributed by atoms with van der Waals surface area (Å²) in [5.41, 5.74) is 0. The van der Waals surface area contributed by atoms with Gasteiger partial charge in [0.05, 0.1) is 32.7 Å². The highest BCUT2D eigenvalue weighted by atomic mass is 16.2. The van der Waals surface area contributed by atoms with Crippen molar-refractivity contribution in [1.29, 1.82) is 0 Å². The van der Waals surface area contributed by atoms with Crippen molar-refractivity contribution >= 4 is 35.9 Å². The van der Waals surface area contributed by atoms with Crippen LogP contribution >= 0.6 is 0 Å². The molecule has 0 rings (SSSR count). The van der Waals surface area contributed by atoms with E-state index < -0.39 is 23.6 Å². The van der Waals surface area contributed by atoms with Crippen LogP contribution in [0.15, 0.2) is 0 Å². The smallest absolute Gasteiger partial charge is 0.242 e. The zero-order valence-corrected chi connectivity index (χ0v) is 17.8. The highest BCUT2D eigenvalue weighted by Crippen LogP contribution is 1.96. The number of amides is 6. The second kappa shape index (κ2) is 12.3. The van der Waals surface area contributed by atoms with Crippen LogP contribution in [0, 0.1) is 0 Å². The second-order valence-corrected chi connectivity index (χ2v) is 6.69. The topological polar surface area (TPSA) is 131 Å². The minimum atomic E-state index is -0.475. The van der Waals surface area contributed by atoms with Gasteiger partial charge in [-0.25, -0.2) is 0 Å². The number of hydrogen-bond donors (Lipinski definition) is 1. The maximum atomic E-state index is 12.3. The van der Waals surface area contributed by atoms with E-state index in [2.05, 4.69) is 5.32 Å². The van der Waals surface area contributed by atoms with E-state index in [4.69, 9.17) is 0 Å². The molecule has 6 amide bonds. The van der Waals surface area contributed by atoms with Crippen LogP contribution in [-0.2, 0) is 28.8 Å². The predicted octanol–water partition coefficient (Wildman–Crippen LogP) is -3.35. The first kappa shape index (κ1) is 25.8. The number of rotatable bonds is 11. The number of carbonyl (C=O) groups is 6. The maximum absolute atomic E-state index is 12.3. The lowest BCUT2D eigenvalue weighted by Crippen LogP contribution is -2.47. The van der Waals surface area contributed by atoms with Crippen LogP contribution in [0.2, 0.25) is 0 Å². The van der Waals surface area contributed by atoms with Gasteiger partial charge in [0.1, 0.15) is 0 Å². The molecule has 0 heterocycles. The Bertz CT molecular complexity index is 640. The van der Waals surface area contributed by atoms with Crippen LogP contribution in [0.3, 0.4) is 0 Å². The van der Waals surface area contributed by atoms with Crippen LogP contribution < -0.4 is 5.32 Å². The van der Waals surface area contributed by atoms with Crippen LogP contribution in [0.4, 0.5) is 0 Å². The molecular weight excluding hydrogens is 384 g/mol. The number of likely N-dealkylation sites (N-methyl/N-ethyl adjacent to an activating group) is 6. The van der Waals surface area contributed by atoms with Crippen molar-refractivity contribution in [3.8, 4) is 0 Å². The van der Waals surface area contributed by atoms with Crippen LogP contribution in [-0.4, -0.2) is 135 Å². The Morgan fingerprint density at radius 3 is 1.24 bits per heavy atom. The summed E-state index contributed by atoms with van der Waals surface area (Å²) < 4.78 is 0. The Labute approximate surface area is 170 Å². The van der Waals surface area contributed by atoms with Crippen LogP contribution in [0.5, 0.6) is 0 Å². The number of nitrogens with one attached hydrogen (secondary N) is 1. The Kier molecular flexibility index (Phi) is 11.0. The molecule has 1 N–H and O–H groups in total. The van der Waals surface area contributed by atoms with E-state index in [-0.39, 0.29) is 38.6 Å². The molecule has 0 unspecified atom stereocenters. The lowest BCUT2D eigenvalue weighted by atomic mass is 10.3. The van der Waals surface area contributed by atoms with Gasteiger partial charge in [0.2, 0.25) is 35.9 Å². The molecule has 0 saturated heterocycles. The van der Waals surface area contributed by atoms with Crippen LogP contribution in [0.25, 0.3) is 0 Å². The van der Waals surface area contributed by atoms with Gasteiger partial charge in [0, 0.05) is 42.3 Å². The lowest BCUT2D eigenvalue weighted by molar-refractivity contribution is -0.144. The van der Waals surface area contributed by atoms with Crippen molar-refractivity contribution in [2.75, 3.05) is 75.0 Å². The summed E-state index contributed by atoms with van der Waals surface area (Å²) in [6, 6.07) is 0. The molecule has 12 nitrogen and oxygen atoms in total. The average molecular weight is 414 g/mol. The molecule has 0 aliphatic heterocycles. The summed E-state index contributed by atoms with van der Waals surface area (Å²) >= 11 is 0. The minimum absolute atomic E-state index is 0.130. The van der Waals surface area contributed by atoms with E-state index in [1.54, 1.807) is 0 Å². The first-order chi connectivity index (χ1) is 13.4. The van der Waals surface area contributed by atoms with Gasteiger partial charge in [0.25, 0.3) is 0 Å². The minimum Gasteiger partial charge on any atom is -0.358 e. The number of nitrogens with zero attached hydrogens (tertiary/aromatic N) is 5. The molecule has 0 bridgehead atoms. The molecule has 0 aromatic rings. The standard InChI is InChI=1S/C17H30N6O6/c1-18-13(25)7-20(3)15(27)9-22(5)17(29)11-23(6)16(28)10-21(4)14(26)8-19(2)12-24/h12H,7-11H2,1-6H3,(H,18,25). The summed E-state index contributed by atoms with van der Waals surface area (Å²) in [6.45, 7) is -1.07. The highest BCUT2D eigenvalue weighted by Gasteiger charge is 2.22. The van der Waals surface area contributed by atoms with Gasteiger partial charge in [-0.05, 0) is 0 Å². The third kappa shape index (κ3) is 9.53. The molecule has 0 saturated carbocycles. The predicted molar refractivity (Wildman–Crippen MR) is 103 cm³/mol. The van der Waals surface area contributed by atoms with Crippen molar-refractivity contribution in [3.05, 3.63) is 0 Å². The van der Waals surface area contributed by atoms with Gasteiger partial charge in [-0.1, -0.05) is 0 Å². The Morgan fingerprint density at radius 1 is 0.621 bits per heavy atom. The average Bonchev–Trinajstić information content (AvgIpc) is 2.66. The van der Waals surface area contributed by atoms with Gasteiger partial charge in [-0.15, -0.1) is 0 Å². The van der Waals surface area contributed by atoms with Gasteiger partial charge in [-0.3, -0.25) is 28.8 Å². The van der Waals surface area contributed by atoms with Crippen molar-refractivity contribution in [3.63, 3.8) is 0 Å². The first-order valence-electron chi connectivity index (χ1n) is 8.74. The summed E-state index contributed by atoms with van der Waals surface area (Å²) in [6.07, 6.45) is 0.502. The summed E-state index contributed by atoms with van der Waals surface area (Å²) in [7, 11) is 8.58. The first-order valence-corrected chi connectivity index (χ1v) is 8.74. The van der Waals surface area contributed by atoms with Gasteiger partial charge < -0.3 is 29.8 Å². The quantitative estimate of drug-likeness (QED) is 0.352. The Morgan fingerprint density at radius 2 is 0.931 bits per heavy atom. The molecular formula is C17H30N6O6. The van der Waals surface area contributed by atoms with Crippen LogP contribution in [0.1, 0.15) is 0 Å². The normalized spacial score (nSPS) is 9.86. The Hall–Kier alpha value is -3.18. The van der Waals surface area contributed by atoms with E-state index in [9.17, 15) is 28.8 Å². The van der Waals surface area contributed by atoms with Crippen molar-refractivity contribution in [2.45, 2.75) is 0 Å². The molecule has 0 radical (unpaired) electrons. The van der Waals surface area contributed by atoms with Crippen molar-refractivity contribution < 1.29 is 28.8 Å².